The highest BCUT2D eigenvalue weighted by Gasteiger charge is 2.48. The Kier molecular flexibility index (Phi) is 5.44. The molecule has 128 valence electrons. The van der Waals surface area contributed by atoms with Crippen LogP contribution in [-0.4, -0.2) is 67.2 Å². The predicted molar refractivity (Wildman–Crippen MR) is 87.0 cm³/mol. The molecular weight excluding hydrogens is 318 g/mol. The summed E-state index contributed by atoms with van der Waals surface area (Å²) >= 11 is 0. The van der Waals surface area contributed by atoms with Crippen molar-refractivity contribution < 1.29 is 23.4 Å². The number of hydrogen-bond donors (Lipinski definition) is 2. The lowest BCUT2D eigenvalue weighted by atomic mass is 9.71. The molecule has 1 aliphatic rings. The maximum absolute atomic E-state index is 11.8. The van der Waals surface area contributed by atoms with Crippen LogP contribution >= 0.6 is 0 Å². The first-order chi connectivity index (χ1) is 10.7. The van der Waals surface area contributed by atoms with Crippen molar-refractivity contribution in [3.8, 4) is 0 Å². The molecule has 7 heteroatoms. The number of carbonyl (C=O) groups is 1. The Morgan fingerprint density at radius 1 is 1.35 bits per heavy atom. The third-order valence-electron chi connectivity index (χ3n) is 4.51. The molecule has 1 heterocycles. The lowest BCUT2D eigenvalue weighted by molar-refractivity contribution is -0.162. The molecule has 0 radical (unpaired) electrons. The average Bonchev–Trinajstić information content (AvgIpc) is 2.48. The number of piperidine rings is 1. The first-order valence-electron chi connectivity index (χ1n) is 7.58. The molecule has 1 aromatic rings. The molecule has 1 fully saturated rings. The smallest absolute Gasteiger partial charge is 0.312 e. The van der Waals surface area contributed by atoms with Gasteiger partial charge in [-0.15, -0.1) is 0 Å². The van der Waals surface area contributed by atoms with Crippen LogP contribution in [0.2, 0.25) is 0 Å². The van der Waals surface area contributed by atoms with E-state index in [9.17, 15) is 23.4 Å². The molecule has 2 atom stereocenters. The molecular formula is C16H23NO5S. The van der Waals surface area contributed by atoms with Crippen molar-refractivity contribution in [2.45, 2.75) is 18.9 Å². The molecule has 1 saturated heterocycles. The van der Waals surface area contributed by atoms with Crippen LogP contribution in [-0.2, 0) is 21.1 Å². The van der Waals surface area contributed by atoms with Gasteiger partial charge in [0.2, 0.25) is 0 Å². The molecule has 6 nitrogen and oxygen atoms in total. The number of carboxylic acid groups (broad SMARTS) is 1. The molecule has 0 spiro atoms. The first kappa shape index (κ1) is 17.9. The minimum absolute atomic E-state index is 0.0124. The van der Waals surface area contributed by atoms with Crippen LogP contribution < -0.4 is 0 Å². The molecule has 0 unspecified atom stereocenters. The maximum atomic E-state index is 11.8. The molecule has 0 aliphatic carbocycles. The minimum Gasteiger partial charge on any atom is -0.481 e. The van der Waals surface area contributed by atoms with Crippen molar-refractivity contribution in [1.29, 1.82) is 0 Å². The number of likely N-dealkylation sites (tertiary alicyclic amines) is 1. The van der Waals surface area contributed by atoms with Crippen LogP contribution in [0.5, 0.6) is 0 Å². The summed E-state index contributed by atoms with van der Waals surface area (Å²) in [7, 11) is -3.07. The van der Waals surface area contributed by atoms with Crippen molar-refractivity contribution in [1.82, 2.24) is 4.90 Å². The van der Waals surface area contributed by atoms with E-state index < -0.39 is 27.3 Å². The Morgan fingerprint density at radius 3 is 2.52 bits per heavy atom. The number of β-amino-alcohol motifs (C(OH)–C–C–N with tert-alkyl or cyclic N) is 1. The monoisotopic (exact) mass is 341 g/mol. The fourth-order valence-electron chi connectivity index (χ4n) is 3.02. The summed E-state index contributed by atoms with van der Waals surface area (Å²) < 4.78 is 22.5. The molecule has 0 bridgehead atoms. The molecule has 0 saturated carbocycles. The zero-order valence-corrected chi connectivity index (χ0v) is 14.0. The van der Waals surface area contributed by atoms with E-state index in [-0.39, 0.29) is 18.7 Å². The van der Waals surface area contributed by atoms with Crippen molar-refractivity contribution in [3.63, 3.8) is 0 Å². The maximum Gasteiger partial charge on any atom is 0.312 e. The van der Waals surface area contributed by atoms with Crippen molar-refractivity contribution in [2.24, 2.45) is 5.41 Å². The summed E-state index contributed by atoms with van der Waals surface area (Å²) in [5, 5.41) is 20.2. The van der Waals surface area contributed by atoms with Gasteiger partial charge in [-0.1, -0.05) is 30.3 Å². The molecule has 1 aliphatic heterocycles. The topological polar surface area (TPSA) is 94.9 Å². The second-order valence-corrected chi connectivity index (χ2v) is 8.58. The Hall–Kier alpha value is -1.44. The lowest BCUT2D eigenvalue weighted by Gasteiger charge is -2.42. The van der Waals surface area contributed by atoms with Crippen LogP contribution in [0.3, 0.4) is 0 Å². The van der Waals surface area contributed by atoms with E-state index in [2.05, 4.69) is 0 Å². The minimum atomic E-state index is -3.07. The van der Waals surface area contributed by atoms with E-state index >= 15 is 0 Å². The number of hydrogen-bond acceptors (Lipinski definition) is 5. The Morgan fingerprint density at radius 2 is 2.00 bits per heavy atom. The van der Waals surface area contributed by atoms with Gasteiger partial charge in [0.05, 0.1) is 11.9 Å². The average molecular weight is 341 g/mol. The summed E-state index contributed by atoms with van der Waals surface area (Å²) in [5.41, 5.74) is -0.346. The summed E-state index contributed by atoms with van der Waals surface area (Å²) in [6.45, 7) is 0.956. The third-order valence-corrected chi connectivity index (χ3v) is 5.43. The van der Waals surface area contributed by atoms with Crippen molar-refractivity contribution in [3.05, 3.63) is 35.9 Å². The lowest BCUT2D eigenvalue weighted by Crippen LogP contribution is -2.56. The Labute approximate surface area is 136 Å². The van der Waals surface area contributed by atoms with E-state index in [1.807, 2.05) is 35.2 Å². The number of carboxylic acids is 1. The quantitative estimate of drug-likeness (QED) is 0.778. The van der Waals surface area contributed by atoms with Crippen LogP contribution in [0.4, 0.5) is 0 Å². The van der Waals surface area contributed by atoms with Gasteiger partial charge in [-0.25, -0.2) is 8.42 Å². The largest absolute Gasteiger partial charge is 0.481 e. The molecule has 1 aromatic carbocycles. The second-order valence-electron chi connectivity index (χ2n) is 6.32. The third kappa shape index (κ3) is 4.53. The number of aliphatic carboxylic acids is 1. The van der Waals surface area contributed by atoms with Crippen molar-refractivity contribution in [2.75, 3.05) is 31.6 Å². The van der Waals surface area contributed by atoms with Crippen LogP contribution in [0.1, 0.15) is 12.0 Å². The van der Waals surface area contributed by atoms with Gasteiger partial charge in [0.1, 0.15) is 15.3 Å². The zero-order chi connectivity index (χ0) is 17.1. The highest BCUT2D eigenvalue weighted by molar-refractivity contribution is 7.90. The van der Waals surface area contributed by atoms with Crippen LogP contribution in [0.25, 0.3) is 0 Å². The highest BCUT2D eigenvalue weighted by atomic mass is 32.2. The molecule has 2 N–H and O–H groups in total. The fourth-order valence-corrected chi connectivity index (χ4v) is 3.61. The van der Waals surface area contributed by atoms with Gasteiger partial charge < -0.3 is 10.2 Å². The summed E-state index contributed by atoms with van der Waals surface area (Å²) in [6, 6.07) is 9.26. The summed E-state index contributed by atoms with van der Waals surface area (Å²) in [4.78, 5) is 13.7. The molecule has 2 rings (SSSR count). The van der Waals surface area contributed by atoms with Gasteiger partial charge in [-0.05, 0) is 24.9 Å². The van der Waals surface area contributed by atoms with E-state index in [0.29, 0.717) is 19.5 Å². The SMILES string of the molecule is CS(=O)(=O)CCN1CC[C@](Cc2ccccc2)(C(=O)O)[C@@H](O)C1. The van der Waals surface area contributed by atoms with E-state index in [1.165, 1.54) is 6.26 Å². The predicted octanol–water partition coefficient (Wildman–Crippen LogP) is 0.411. The number of rotatable bonds is 6. The number of nitrogens with zero attached hydrogens (tertiary/aromatic N) is 1. The zero-order valence-electron chi connectivity index (χ0n) is 13.2. The standard InChI is InChI=1S/C16H23NO5S/c1-23(21,22)10-9-17-8-7-16(15(19)20,14(18)12-17)11-13-5-3-2-4-6-13/h2-6,14,18H,7-12H2,1H3,(H,19,20)/t14-,16+/m0/s1. The highest BCUT2D eigenvalue weighted by Crippen LogP contribution is 2.36. The second kappa shape index (κ2) is 6.98. The van der Waals surface area contributed by atoms with Gasteiger partial charge in [0, 0.05) is 19.3 Å². The first-order valence-corrected chi connectivity index (χ1v) is 9.64. The van der Waals surface area contributed by atoms with Crippen molar-refractivity contribution >= 4 is 15.8 Å². The van der Waals surface area contributed by atoms with Gasteiger partial charge in [-0.3, -0.25) is 9.69 Å². The Bertz CT molecular complexity index is 646. The van der Waals surface area contributed by atoms with Gasteiger partial charge in [-0.2, -0.15) is 0 Å². The molecule has 23 heavy (non-hydrogen) atoms. The van der Waals surface area contributed by atoms with E-state index in [1.54, 1.807) is 0 Å². The number of benzene rings is 1. The van der Waals surface area contributed by atoms with Gasteiger partial charge in [0.15, 0.2) is 0 Å². The van der Waals surface area contributed by atoms with E-state index in [0.717, 1.165) is 5.56 Å². The normalized spacial score (nSPS) is 26.1. The Balaban J connectivity index is 2.09. The molecule has 0 aromatic heterocycles. The van der Waals surface area contributed by atoms with Gasteiger partial charge in [0.25, 0.3) is 0 Å². The number of aliphatic hydroxyl groups excluding tert-OH is 1. The summed E-state index contributed by atoms with van der Waals surface area (Å²) in [5.74, 6) is -0.991. The van der Waals surface area contributed by atoms with Crippen LogP contribution in [0, 0.1) is 5.41 Å². The number of aliphatic hydroxyl groups is 1. The number of sulfone groups is 1. The molecule has 0 amide bonds. The summed E-state index contributed by atoms with van der Waals surface area (Å²) in [6.07, 6.45) is 0.699. The fraction of sp³-hybridized carbons (Fsp3) is 0.562. The van der Waals surface area contributed by atoms with Crippen LogP contribution in [0.15, 0.2) is 30.3 Å². The van der Waals surface area contributed by atoms with E-state index in [4.69, 9.17) is 0 Å². The van der Waals surface area contributed by atoms with Gasteiger partial charge >= 0.3 is 5.97 Å².